The second kappa shape index (κ2) is 5.17. The van der Waals surface area contributed by atoms with Gasteiger partial charge in [-0.15, -0.1) is 0 Å². The van der Waals surface area contributed by atoms with E-state index < -0.39 is 17.7 Å². The van der Waals surface area contributed by atoms with Gasteiger partial charge < -0.3 is 0 Å². The molecule has 1 aromatic carbocycles. The Morgan fingerprint density at radius 1 is 1.12 bits per heavy atom. The number of alkyl halides is 3. The number of benzene rings is 1. The molecule has 1 saturated carbocycles. The molecule has 0 bridgehead atoms. The highest BCUT2D eigenvalue weighted by Crippen LogP contribution is 2.55. The van der Waals surface area contributed by atoms with Gasteiger partial charge in [0, 0.05) is 5.56 Å². The van der Waals surface area contributed by atoms with Crippen LogP contribution in [0.25, 0.3) is 5.65 Å². The fourth-order valence-electron chi connectivity index (χ4n) is 3.03. The Morgan fingerprint density at radius 2 is 1.83 bits per heavy atom. The second-order valence-corrected chi connectivity index (χ2v) is 6.19. The summed E-state index contributed by atoms with van der Waals surface area (Å²) >= 11 is 5.94. The normalized spacial score (nSPS) is 20.5. The molecule has 1 aliphatic rings. The maximum Gasteiger partial charge on any atom is 0.416 e. The standard InChI is InChI=1S/C16H10ClF4N3/c17-13-6-12(15-22-7-14(18)24(15)23-13)11-5-10(11)8-1-3-9(4-2-8)16(19,20)21/h1-4,6-7,10-11H,5H2/t10?,11-/m0/s1. The zero-order valence-electron chi connectivity index (χ0n) is 12.1. The lowest BCUT2D eigenvalue weighted by molar-refractivity contribution is -0.137. The molecular formula is C16H10ClF4N3. The summed E-state index contributed by atoms with van der Waals surface area (Å²) in [5.74, 6) is -0.513. The molecule has 0 spiro atoms. The molecule has 0 aliphatic heterocycles. The molecule has 0 N–H and O–H groups in total. The zero-order chi connectivity index (χ0) is 17.1. The van der Waals surface area contributed by atoms with Crippen LogP contribution in [0.15, 0.2) is 36.5 Å². The van der Waals surface area contributed by atoms with Crippen LogP contribution in [0.4, 0.5) is 17.6 Å². The molecule has 0 radical (unpaired) electrons. The summed E-state index contributed by atoms with van der Waals surface area (Å²) in [6.45, 7) is 0. The van der Waals surface area contributed by atoms with E-state index in [-0.39, 0.29) is 17.0 Å². The Morgan fingerprint density at radius 3 is 2.50 bits per heavy atom. The van der Waals surface area contributed by atoms with Crippen molar-refractivity contribution < 1.29 is 17.6 Å². The van der Waals surface area contributed by atoms with Crippen LogP contribution in [0.1, 0.15) is 34.9 Å². The molecule has 124 valence electrons. The quantitative estimate of drug-likeness (QED) is 0.617. The van der Waals surface area contributed by atoms with E-state index in [2.05, 4.69) is 10.1 Å². The van der Waals surface area contributed by atoms with E-state index in [1.807, 2.05) is 0 Å². The van der Waals surface area contributed by atoms with Crippen molar-refractivity contribution in [2.24, 2.45) is 0 Å². The van der Waals surface area contributed by atoms with Crippen molar-refractivity contribution in [1.82, 2.24) is 14.6 Å². The summed E-state index contributed by atoms with van der Waals surface area (Å²) in [6.07, 6.45) is -2.53. The summed E-state index contributed by atoms with van der Waals surface area (Å²) in [5, 5.41) is 4.01. The van der Waals surface area contributed by atoms with Gasteiger partial charge in [0.1, 0.15) is 0 Å². The first-order chi connectivity index (χ1) is 11.3. The highest BCUT2D eigenvalue weighted by Gasteiger charge is 2.42. The minimum absolute atomic E-state index is 0.0338. The van der Waals surface area contributed by atoms with Crippen LogP contribution in [0.5, 0.6) is 0 Å². The van der Waals surface area contributed by atoms with Gasteiger partial charge in [0.15, 0.2) is 10.8 Å². The fraction of sp³-hybridized carbons (Fsp3) is 0.250. The SMILES string of the molecule is Fc1cnc2c([C@H]3CC3c3ccc(C(F)(F)F)cc3)cc(Cl)nn12. The van der Waals surface area contributed by atoms with E-state index >= 15 is 0 Å². The third-order valence-corrected chi connectivity index (χ3v) is 4.47. The Balaban J connectivity index is 1.65. The maximum absolute atomic E-state index is 13.6. The van der Waals surface area contributed by atoms with E-state index in [1.165, 1.54) is 12.1 Å². The predicted octanol–water partition coefficient (Wildman–Crippen LogP) is 4.81. The van der Waals surface area contributed by atoms with Crippen LogP contribution in [0.2, 0.25) is 5.15 Å². The van der Waals surface area contributed by atoms with Crippen LogP contribution >= 0.6 is 11.6 Å². The second-order valence-electron chi connectivity index (χ2n) is 5.81. The number of hydrogen-bond acceptors (Lipinski definition) is 2. The van der Waals surface area contributed by atoms with Crippen molar-refractivity contribution in [1.29, 1.82) is 0 Å². The summed E-state index contributed by atoms with van der Waals surface area (Å²) in [7, 11) is 0. The molecule has 1 fully saturated rings. The van der Waals surface area contributed by atoms with Gasteiger partial charge in [-0.2, -0.15) is 27.2 Å². The molecule has 24 heavy (non-hydrogen) atoms. The van der Waals surface area contributed by atoms with Gasteiger partial charge in [-0.25, -0.2) is 4.98 Å². The van der Waals surface area contributed by atoms with E-state index in [9.17, 15) is 17.6 Å². The molecule has 2 atom stereocenters. The lowest BCUT2D eigenvalue weighted by atomic mass is 10.0. The highest BCUT2D eigenvalue weighted by molar-refractivity contribution is 6.29. The third-order valence-electron chi connectivity index (χ3n) is 4.28. The van der Waals surface area contributed by atoms with E-state index in [0.717, 1.165) is 40.4 Å². The Labute approximate surface area is 138 Å². The van der Waals surface area contributed by atoms with Gasteiger partial charge >= 0.3 is 6.18 Å². The molecule has 4 rings (SSSR count). The Bertz CT molecular complexity index is 917. The largest absolute Gasteiger partial charge is 0.416 e. The van der Waals surface area contributed by atoms with Crippen molar-refractivity contribution in [2.75, 3.05) is 0 Å². The van der Waals surface area contributed by atoms with Gasteiger partial charge in [-0.3, -0.25) is 0 Å². The Kier molecular flexibility index (Phi) is 3.32. The molecule has 1 aliphatic carbocycles. The summed E-state index contributed by atoms with van der Waals surface area (Å²) < 4.78 is 52.6. The minimum atomic E-state index is -4.35. The van der Waals surface area contributed by atoms with Crippen molar-refractivity contribution in [3.05, 3.63) is 64.3 Å². The molecule has 3 aromatic rings. The predicted molar refractivity (Wildman–Crippen MR) is 79.5 cm³/mol. The number of imidazole rings is 1. The first kappa shape index (κ1) is 15.4. The van der Waals surface area contributed by atoms with Crippen molar-refractivity contribution in [3.8, 4) is 0 Å². The number of aromatic nitrogens is 3. The number of halogens is 5. The Hall–Kier alpha value is -2.15. The molecule has 2 heterocycles. The molecule has 0 amide bonds. The van der Waals surface area contributed by atoms with Gasteiger partial charge in [-0.1, -0.05) is 23.7 Å². The number of nitrogens with zero attached hydrogens (tertiary/aromatic N) is 3. The smallest absolute Gasteiger partial charge is 0.232 e. The lowest BCUT2D eigenvalue weighted by Gasteiger charge is -2.08. The molecule has 0 saturated heterocycles. The fourth-order valence-corrected chi connectivity index (χ4v) is 3.23. The van der Waals surface area contributed by atoms with Gasteiger partial charge in [0.25, 0.3) is 0 Å². The summed E-state index contributed by atoms with van der Waals surface area (Å²) in [6, 6.07) is 6.77. The maximum atomic E-state index is 13.6. The third kappa shape index (κ3) is 2.53. The van der Waals surface area contributed by atoms with E-state index in [1.54, 1.807) is 6.07 Å². The molecular weight excluding hydrogens is 346 g/mol. The van der Waals surface area contributed by atoms with E-state index in [4.69, 9.17) is 11.6 Å². The van der Waals surface area contributed by atoms with Crippen LogP contribution in [0, 0.1) is 5.95 Å². The van der Waals surface area contributed by atoms with Crippen LogP contribution < -0.4 is 0 Å². The van der Waals surface area contributed by atoms with E-state index in [0.29, 0.717) is 5.65 Å². The van der Waals surface area contributed by atoms with Crippen molar-refractivity contribution >= 4 is 17.2 Å². The number of rotatable bonds is 2. The van der Waals surface area contributed by atoms with Gasteiger partial charge in [-0.05, 0) is 42.0 Å². The topological polar surface area (TPSA) is 30.2 Å². The van der Waals surface area contributed by atoms with Crippen LogP contribution in [-0.2, 0) is 6.18 Å². The lowest BCUT2D eigenvalue weighted by Crippen LogP contribution is -2.04. The van der Waals surface area contributed by atoms with Crippen LogP contribution in [0.3, 0.4) is 0 Å². The molecule has 3 nitrogen and oxygen atoms in total. The first-order valence-electron chi connectivity index (χ1n) is 7.21. The average molecular weight is 356 g/mol. The first-order valence-corrected chi connectivity index (χ1v) is 7.59. The summed E-state index contributed by atoms with van der Waals surface area (Å²) in [5.41, 5.74) is 1.28. The number of hydrogen-bond donors (Lipinski definition) is 0. The van der Waals surface area contributed by atoms with Crippen LogP contribution in [-0.4, -0.2) is 14.6 Å². The van der Waals surface area contributed by atoms with Gasteiger partial charge in [0.2, 0.25) is 5.95 Å². The molecule has 8 heteroatoms. The minimum Gasteiger partial charge on any atom is -0.232 e. The molecule has 1 unspecified atom stereocenters. The average Bonchev–Trinajstić information content (AvgIpc) is 3.24. The highest BCUT2D eigenvalue weighted by atomic mass is 35.5. The summed E-state index contributed by atoms with van der Waals surface area (Å²) in [4.78, 5) is 4.01. The molecule has 2 aromatic heterocycles. The van der Waals surface area contributed by atoms with Gasteiger partial charge in [0.05, 0.1) is 11.8 Å². The number of fused-ring (bicyclic) bond motifs is 1. The van der Waals surface area contributed by atoms with Crippen molar-refractivity contribution in [2.45, 2.75) is 24.4 Å². The van der Waals surface area contributed by atoms with Crippen molar-refractivity contribution in [3.63, 3.8) is 0 Å². The monoisotopic (exact) mass is 355 g/mol. The zero-order valence-corrected chi connectivity index (χ0v) is 12.8.